The van der Waals surface area contributed by atoms with E-state index in [4.69, 9.17) is 4.74 Å². The van der Waals surface area contributed by atoms with Crippen molar-refractivity contribution in [3.05, 3.63) is 58.0 Å². The van der Waals surface area contributed by atoms with Gasteiger partial charge in [0, 0.05) is 13.1 Å². The second-order valence-electron chi connectivity index (χ2n) is 4.60. The number of carbonyl (C=O) groups excluding carboxylic acids is 1. The van der Waals surface area contributed by atoms with Gasteiger partial charge in [-0.15, -0.1) is 0 Å². The molecule has 0 saturated heterocycles. The Bertz CT molecular complexity index is 695. The van der Waals surface area contributed by atoms with Crippen LogP contribution in [-0.4, -0.2) is 28.8 Å². The minimum atomic E-state index is -0.335. The molecule has 110 valence electrons. The van der Waals surface area contributed by atoms with E-state index in [9.17, 15) is 9.59 Å². The summed E-state index contributed by atoms with van der Waals surface area (Å²) >= 11 is 0. The van der Waals surface area contributed by atoms with E-state index in [1.807, 2.05) is 31.2 Å². The number of amides is 1. The average Bonchev–Trinajstić information content (AvgIpc) is 2.46. The first-order valence-corrected chi connectivity index (χ1v) is 6.58. The van der Waals surface area contributed by atoms with Crippen LogP contribution in [0.4, 0.5) is 0 Å². The molecule has 0 bridgehead atoms. The third-order valence-corrected chi connectivity index (χ3v) is 2.84. The lowest BCUT2D eigenvalue weighted by atomic mass is 10.2. The fraction of sp³-hybridized carbons (Fsp3) is 0.267. The van der Waals surface area contributed by atoms with Crippen LogP contribution in [0, 0.1) is 6.92 Å². The quantitative estimate of drug-likeness (QED) is 0.829. The second kappa shape index (κ2) is 6.69. The number of nitrogens with zero attached hydrogens (tertiary/aromatic N) is 2. The third-order valence-electron chi connectivity index (χ3n) is 2.84. The Morgan fingerprint density at radius 3 is 2.86 bits per heavy atom. The van der Waals surface area contributed by atoms with Crippen molar-refractivity contribution in [2.45, 2.75) is 6.92 Å². The molecule has 6 heteroatoms. The van der Waals surface area contributed by atoms with Gasteiger partial charge in [-0.3, -0.25) is 9.59 Å². The summed E-state index contributed by atoms with van der Waals surface area (Å²) in [5.74, 6) is 0.433. The van der Waals surface area contributed by atoms with Gasteiger partial charge in [-0.05, 0) is 30.7 Å². The van der Waals surface area contributed by atoms with E-state index in [2.05, 4.69) is 10.4 Å². The first kappa shape index (κ1) is 14.8. The van der Waals surface area contributed by atoms with Crippen molar-refractivity contribution in [1.29, 1.82) is 0 Å². The van der Waals surface area contributed by atoms with E-state index in [0.717, 1.165) is 16.0 Å². The summed E-state index contributed by atoms with van der Waals surface area (Å²) in [6.07, 6.45) is 0. The summed E-state index contributed by atoms with van der Waals surface area (Å²) < 4.78 is 6.65. The lowest BCUT2D eigenvalue weighted by molar-refractivity contribution is 0.0939. The Kier molecular flexibility index (Phi) is 4.71. The molecule has 1 aromatic carbocycles. The topological polar surface area (TPSA) is 73.2 Å². The van der Waals surface area contributed by atoms with Crippen molar-refractivity contribution in [3.8, 4) is 5.75 Å². The molecule has 0 aliphatic carbocycles. The maximum Gasteiger partial charge on any atom is 0.271 e. The molecule has 6 nitrogen and oxygen atoms in total. The SMILES string of the molecule is Cc1cccc(OCCNC(=O)c2ccc(=O)n(C)n2)c1. The van der Waals surface area contributed by atoms with Gasteiger partial charge in [0.25, 0.3) is 11.5 Å². The van der Waals surface area contributed by atoms with Gasteiger partial charge in [-0.25, -0.2) is 4.68 Å². The smallest absolute Gasteiger partial charge is 0.271 e. The van der Waals surface area contributed by atoms with Crippen LogP contribution in [0.25, 0.3) is 0 Å². The summed E-state index contributed by atoms with van der Waals surface area (Å²) in [5, 5.41) is 6.56. The van der Waals surface area contributed by atoms with Crippen molar-refractivity contribution in [1.82, 2.24) is 15.1 Å². The van der Waals surface area contributed by atoms with Gasteiger partial charge < -0.3 is 10.1 Å². The van der Waals surface area contributed by atoms with E-state index < -0.39 is 0 Å². The zero-order valence-corrected chi connectivity index (χ0v) is 12.0. The molecule has 2 aromatic rings. The summed E-state index contributed by atoms with van der Waals surface area (Å²) in [7, 11) is 1.50. The molecule has 0 radical (unpaired) electrons. The zero-order chi connectivity index (χ0) is 15.2. The third kappa shape index (κ3) is 4.17. The monoisotopic (exact) mass is 287 g/mol. The molecule has 0 spiro atoms. The Balaban J connectivity index is 1.81. The molecular weight excluding hydrogens is 270 g/mol. The maximum absolute atomic E-state index is 11.8. The van der Waals surface area contributed by atoms with E-state index in [1.165, 1.54) is 19.2 Å². The fourth-order valence-corrected chi connectivity index (χ4v) is 1.75. The Morgan fingerprint density at radius 1 is 1.33 bits per heavy atom. The standard InChI is InChI=1S/C15H17N3O3/c1-11-4-3-5-12(10-11)21-9-8-16-15(20)13-6-7-14(19)18(2)17-13/h3-7,10H,8-9H2,1-2H3,(H,16,20). The van der Waals surface area contributed by atoms with Gasteiger partial charge in [0.15, 0.2) is 0 Å². The number of ether oxygens (including phenoxy) is 1. The summed E-state index contributed by atoms with van der Waals surface area (Å²) in [6, 6.07) is 10.4. The highest BCUT2D eigenvalue weighted by Crippen LogP contribution is 2.11. The van der Waals surface area contributed by atoms with E-state index in [0.29, 0.717) is 13.2 Å². The van der Waals surface area contributed by atoms with Crippen LogP contribution in [0.5, 0.6) is 5.75 Å². The first-order valence-electron chi connectivity index (χ1n) is 6.58. The highest BCUT2D eigenvalue weighted by Gasteiger charge is 2.07. The van der Waals surface area contributed by atoms with Crippen LogP contribution in [0.3, 0.4) is 0 Å². The minimum absolute atomic E-state index is 0.202. The Morgan fingerprint density at radius 2 is 2.14 bits per heavy atom. The molecule has 0 unspecified atom stereocenters. The molecule has 1 heterocycles. The summed E-state index contributed by atoms with van der Waals surface area (Å²) in [5.41, 5.74) is 1.06. The number of hydrogen-bond donors (Lipinski definition) is 1. The molecule has 1 aromatic heterocycles. The van der Waals surface area contributed by atoms with Gasteiger partial charge in [0.05, 0.1) is 6.54 Å². The van der Waals surface area contributed by atoms with Crippen LogP contribution >= 0.6 is 0 Å². The molecule has 21 heavy (non-hydrogen) atoms. The van der Waals surface area contributed by atoms with Crippen LogP contribution in [0.1, 0.15) is 16.1 Å². The molecular formula is C15H17N3O3. The van der Waals surface area contributed by atoms with E-state index in [1.54, 1.807) is 0 Å². The fourth-order valence-electron chi connectivity index (χ4n) is 1.75. The van der Waals surface area contributed by atoms with Crippen molar-refractivity contribution in [3.63, 3.8) is 0 Å². The lowest BCUT2D eigenvalue weighted by Gasteiger charge is -2.08. The van der Waals surface area contributed by atoms with Crippen molar-refractivity contribution in [2.75, 3.05) is 13.2 Å². The molecule has 2 rings (SSSR count). The molecule has 0 saturated carbocycles. The Hall–Kier alpha value is -2.63. The number of nitrogens with one attached hydrogen (secondary N) is 1. The van der Waals surface area contributed by atoms with Gasteiger partial charge >= 0.3 is 0 Å². The van der Waals surface area contributed by atoms with Crippen LogP contribution in [0.2, 0.25) is 0 Å². The number of benzene rings is 1. The molecule has 0 aliphatic heterocycles. The van der Waals surface area contributed by atoms with Crippen LogP contribution in [0.15, 0.2) is 41.2 Å². The van der Waals surface area contributed by atoms with Crippen LogP contribution < -0.4 is 15.6 Å². The molecule has 0 fully saturated rings. The molecule has 0 aliphatic rings. The number of aryl methyl sites for hydroxylation is 2. The van der Waals surface area contributed by atoms with Crippen LogP contribution in [-0.2, 0) is 7.05 Å². The highest BCUT2D eigenvalue weighted by molar-refractivity contribution is 5.91. The second-order valence-corrected chi connectivity index (χ2v) is 4.60. The molecule has 0 atom stereocenters. The van der Waals surface area contributed by atoms with Crippen molar-refractivity contribution >= 4 is 5.91 Å². The van der Waals surface area contributed by atoms with Gasteiger partial charge in [0.1, 0.15) is 18.1 Å². The van der Waals surface area contributed by atoms with Crippen molar-refractivity contribution in [2.24, 2.45) is 7.05 Å². The largest absolute Gasteiger partial charge is 0.492 e. The Labute approximate surface area is 122 Å². The van der Waals surface area contributed by atoms with Gasteiger partial charge in [0.2, 0.25) is 0 Å². The maximum atomic E-state index is 11.8. The molecule has 1 N–H and O–H groups in total. The predicted molar refractivity (Wildman–Crippen MR) is 78.5 cm³/mol. The average molecular weight is 287 g/mol. The van der Waals surface area contributed by atoms with E-state index >= 15 is 0 Å². The number of carbonyl (C=O) groups is 1. The zero-order valence-electron chi connectivity index (χ0n) is 12.0. The summed E-state index contributed by atoms with van der Waals surface area (Å²) in [4.78, 5) is 23.0. The predicted octanol–water partition coefficient (Wildman–Crippen LogP) is 0.898. The van der Waals surface area contributed by atoms with Crippen molar-refractivity contribution < 1.29 is 9.53 Å². The summed E-state index contributed by atoms with van der Waals surface area (Å²) in [6.45, 7) is 2.71. The normalized spacial score (nSPS) is 10.2. The lowest BCUT2D eigenvalue weighted by Crippen LogP contribution is -2.31. The van der Waals surface area contributed by atoms with E-state index in [-0.39, 0.29) is 17.2 Å². The van der Waals surface area contributed by atoms with Gasteiger partial charge in [-0.1, -0.05) is 12.1 Å². The first-order chi connectivity index (χ1) is 10.1. The number of hydrogen-bond acceptors (Lipinski definition) is 4. The van der Waals surface area contributed by atoms with Gasteiger partial charge in [-0.2, -0.15) is 5.10 Å². The number of aromatic nitrogens is 2. The highest BCUT2D eigenvalue weighted by atomic mass is 16.5. The molecule has 1 amide bonds. The minimum Gasteiger partial charge on any atom is -0.492 e. The number of rotatable bonds is 5.